The van der Waals surface area contributed by atoms with Gasteiger partial charge in [-0.25, -0.2) is 0 Å². The van der Waals surface area contributed by atoms with E-state index >= 15 is 0 Å². The van der Waals surface area contributed by atoms with Gasteiger partial charge in [-0.2, -0.15) is 72.8 Å². The zero-order chi connectivity index (χ0) is 39.5. The van der Waals surface area contributed by atoms with E-state index in [1.54, 1.807) is 0 Å². The summed E-state index contributed by atoms with van der Waals surface area (Å²) < 4.78 is 0. The van der Waals surface area contributed by atoms with Gasteiger partial charge in [0.2, 0.25) is 0 Å². The molecule has 6 heteroatoms. The Kier molecular flexibility index (Phi) is 15.3. The Bertz CT molecular complexity index is 2650. The fraction of sp³-hybridized carbons (Fsp3) is 0.0370. The van der Waals surface area contributed by atoms with Crippen molar-refractivity contribution >= 4 is 21.8 Å². The topological polar surface area (TPSA) is 51.6 Å². The van der Waals surface area contributed by atoms with Gasteiger partial charge < -0.3 is 0 Å². The van der Waals surface area contributed by atoms with E-state index in [-0.39, 0.29) is 42.1 Å². The van der Waals surface area contributed by atoms with E-state index in [0.29, 0.717) is 0 Å². The van der Waals surface area contributed by atoms with Crippen LogP contribution in [0.1, 0.15) is 11.1 Å². The van der Waals surface area contributed by atoms with Crippen molar-refractivity contribution in [1.82, 2.24) is 19.9 Å². The molecular weight excluding hydrogens is 1090 g/mol. The molecule has 294 valence electrons. The van der Waals surface area contributed by atoms with E-state index in [9.17, 15) is 0 Å². The summed E-state index contributed by atoms with van der Waals surface area (Å²) in [5.74, 6) is 0. The van der Waals surface area contributed by atoms with Gasteiger partial charge in [-0.3, -0.25) is 19.9 Å². The third-order valence-corrected chi connectivity index (χ3v) is 9.75. The molecule has 4 nitrogen and oxygen atoms in total. The maximum Gasteiger partial charge on any atom is 2.00 e. The van der Waals surface area contributed by atoms with Crippen LogP contribution in [0.4, 0.5) is 0 Å². The number of nitrogens with zero attached hydrogens (tertiary/aromatic N) is 4. The number of aromatic nitrogens is 4. The standard InChI is InChI=1S/C42H28N4.2C6H5.2Pt/c1-27-33(23-31(37-13-7-9-21-43-37)25-35(27)41-19-17-29-11-3-5-15-39(29)45-41)34-24-32(38-14-8-10-22-44-38)26-36(28(34)2)42-20-18-30-12-4-6-16-40(30)46-42;2*1-2-4-6-5-3-1;;/h3-24H,1-2H3;2*1-5H;;/q-2;2*-1;2*+2. The van der Waals surface area contributed by atoms with Crippen molar-refractivity contribution in [2.24, 2.45) is 0 Å². The first-order valence-corrected chi connectivity index (χ1v) is 19.1. The van der Waals surface area contributed by atoms with Crippen LogP contribution in [0.5, 0.6) is 0 Å². The van der Waals surface area contributed by atoms with E-state index in [4.69, 9.17) is 19.9 Å². The molecule has 0 amide bonds. The van der Waals surface area contributed by atoms with E-state index < -0.39 is 0 Å². The Morgan fingerprint density at radius 1 is 0.383 bits per heavy atom. The second-order valence-corrected chi connectivity index (χ2v) is 13.6. The second-order valence-electron chi connectivity index (χ2n) is 13.6. The molecule has 0 N–H and O–H groups in total. The van der Waals surface area contributed by atoms with Gasteiger partial charge in [0, 0.05) is 35.2 Å². The van der Waals surface area contributed by atoms with Crippen LogP contribution in [0.2, 0.25) is 0 Å². The molecule has 10 rings (SSSR count). The first kappa shape index (κ1) is 43.4. The van der Waals surface area contributed by atoms with Gasteiger partial charge >= 0.3 is 42.1 Å². The second kappa shape index (κ2) is 21.2. The predicted molar refractivity (Wildman–Crippen MR) is 238 cm³/mol. The number of fused-ring (bicyclic) bond motifs is 2. The van der Waals surface area contributed by atoms with Crippen LogP contribution in [0.3, 0.4) is 0 Å². The molecule has 0 bridgehead atoms. The summed E-state index contributed by atoms with van der Waals surface area (Å²) in [5, 5.41) is 2.21. The number of hydrogen-bond acceptors (Lipinski definition) is 4. The van der Waals surface area contributed by atoms with Gasteiger partial charge in [0.1, 0.15) is 0 Å². The Morgan fingerprint density at radius 3 is 1.13 bits per heavy atom. The largest absolute Gasteiger partial charge is 2.00 e. The molecular formula is C54H38N4Pt2. The van der Waals surface area contributed by atoms with Gasteiger partial charge in [-0.15, -0.1) is 35.4 Å². The monoisotopic (exact) mass is 1130 g/mol. The maximum atomic E-state index is 5.08. The van der Waals surface area contributed by atoms with Gasteiger partial charge in [0.15, 0.2) is 0 Å². The third kappa shape index (κ3) is 10.3. The number of benzene rings is 6. The first-order chi connectivity index (χ1) is 28.6. The Hall–Kier alpha value is -6.18. The normalized spacial score (nSPS) is 10.2. The summed E-state index contributed by atoms with van der Waals surface area (Å²) in [6.07, 6.45) is 3.64. The molecule has 0 aliphatic rings. The molecule has 60 heavy (non-hydrogen) atoms. The van der Waals surface area contributed by atoms with E-state index in [2.05, 4.69) is 98.8 Å². The summed E-state index contributed by atoms with van der Waals surface area (Å²) in [6.45, 7) is 4.32. The number of para-hydroxylation sites is 2. The number of rotatable bonds is 5. The molecule has 0 saturated heterocycles. The summed E-state index contributed by atoms with van der Waals surface area (Å²) in [7, 11) is 0. The fourth-order valence-corrected chi connectivity index (χ4v) is 6.79. The SMILES string of the molecule is Cc1c(-c2ccc3ccccc3n2)[c-]c(-c2ccccn2)cc1-c1cc(-c2ccccn2)[c-]c(-c2ccc3ccccc3n2)c1C.[Pt+2].[Pt+2].[c-]1ccccc1.[c-]1ccccc1. The summed E-state index contributed by atoms with van der Waals surface area (Å²) in [5.41, 5.74) is 13.4. The van der Waals surface area contributed by atoms with Crippen LogP contribution in [-0.4, -0.2) is 19.9 Å². The van der Waals surface area contributed by atoms with Crippen LogP contribution in [0.15, 0.2) is 194 Å². The average molecular weight is 1130 g/mol. The Labute approximate surface area is 381 Å². The molecule has 0 radical (unpaired) electrons. The summed E-state index contributed by atoms with van der Waals surface area (Å²) in [6, 6.07) is 73.6. The van der Waals surface area contributed by atoms with Crippen LogP contribution in [0, 0.1) is 38.1 Å². The molecule has 0 saturated carbocycles. The van der Waals surface area contributed by atoms with Crippen LogP contribution >= 0.6 is 0 Å². The molecule has 0 fully saturated rings. The van der Waals surface area contributed by atoms with Crippen molar-refractivity contribution in [2.45, 2.75) is 13.8 Å². The van der Waals surface area contributed by atoms with Crippen molar-refractivity contribution in [3.05, 3.63) is 230 Å². The van der Waals surface area contributed by atoms with Crippen LogP contribution < -0.4 is 0 Å². The summed E-state index contributed by atoms with van der Waals surface area (Å²) in [4.78, 5) is 19.6. The zero-order valence-corrected chi connectivity index (χ0v) is 37.4. The van der Waals surface area contributed by atoms with Crippen LogP contribution in [0.25, 0.3) is 78.0 Å². The number of hydrogen-bond donors (Lipinski definition) is 0. The molecule has 4 aromatic heterocycles. The molecule has 0 atom stereocenters. The Morgan fingerprint density at radius 2 is 0.783 bits per heavy atom. The molecule has 0 aliphatic carbocycles. The smallest absolute Gasteiger partial charge is 0.295 e. The van der Waals surface area contributed by atoms with E-state index in [1.807, 2.05) is 134 Å². The number of pyridine rings is 4. The predicted octanol–water partition coefficient (Wildman–Crippen LogP) is 13.1. The van der Waals surface area contributed by atoms with Gasteiger partial charge in [0.05, 0.1) is 11.0 Å². The van der Waals surface area contributed by atoms with Crippen LogP contribution in [-0.2, 0) is 42.1 Å². The van der Waals surface area contributed by atoms with Crippen molar-refractivity contribution in [1.29, 1.82) is 0 Å². The maximum absolute atomic E-state index is 5.08. The molecule has 4 heterocycles. The van der Waals surface area contributed by atoms with Crippen molar-refractivity contribution < 1.29 is 42.1 Å². The van der Waals surface area contributed by atoms with E-state index in [1.165, 1.54) is 0 Å². The minimum Gasteiger partial charge on any atom is -0.295 e. The molecule has 0 unspecified atom stereocenters. The van der Waals surface area contributed by atoms with Crippen molar-refractivity contribution in [2.75, 3.05) is 0 Å². The fourth-order valence-electron chi connectivity index (χ4n) is 6.79. The van der Waals surface area contributed by atoms with Crippen molar-refractivity contribution in [3.63, 3.8) is 0 Å². The summed E-state index contributed by atoms with van der Waals surface area (Å²) >= 11 is 0. The molecule has 0 aliphatic heterocycles. The molecule has 10 aromatic rings. The quantitative estimate of drug-likeness (QED) is 0.161. The molecule has 6 aromatic carbocycles. The minimum atomic E-state index is 0. The third-order valence-electron chi connectivity index (χ3n) is 9.75. The first-order valence-electron chi connectivity index (χ1n) is 19.1. The van der Waals surface area contributed by atoms with Gasteiger partial charge in [-0.1, -0.05) is 132 Å². The zero-order valence-electron chi connectivity index (χ0n) is 32.9. The average Bonchev–Trinajstić information content (AvgIpc) is 3.31. The van der Waals surface area contributed by atoms with Gasteiger partial charge in [0.25, 0.3) is 0 Å². The molecule has 0 spiro atoms. The van der Waals surface area contributed by atoms with E-state index in [0.717, 1.165) is 89.1 Å². The van der Waals surface area contributed by atoms with Crippen molar-refractivity contribution in [3.8, 4) is 56.2 Å². The minimum absolute atomic E-state index is 0. The Balaban J connectivity index is 0.000000372. The van der Waals surface area contributed by atoms with Gasteiger partial charge in [-0.05, 0) is 35.0 Å².